The number of para-hydroxylation sites is 1. The van der Waals surface area contributed by atoms with E-state index in [1.54, 1.807) is 0 Å². The van der Waals surface area contributed by atoms with Crippen LogP contribution < -0.4 is 0 Å². The number of halogens is 2. The predicted octanol–water partition coefficient (Wildman–Crippen LogP) is 5.93. The van der Waals surface area contributed by atoms with Crippen LogP contribution in [0.1, 0.15) is 11.1 Å². The molecule has 3 rings (SSSR count). The van der Waals surface area contributed by atoms with E-state index < -0.39 is 0 Å². The smallest absolute Gasteiger partial charge is 0.121 e. The minimum atomic E-state index is 0.823. The maximum atomic E-state index is 4.53. The van der Waals surface area contributed by atoms with Crippen molar-refractivity contribution >= 4 is 54.9 Å². The third kappa shape index (κ3) is 2.69. The molecule has 0 aliphatic carbocycles. The molecule has 2 aromatic carbocycles. The summed E-state index contributed by atoms with van der Waals surface area (Å²) in [6, 6.07) is 18.4. The molecule has 0 spiro atoms. The van der Waals surface area contributed by atoms with E-state index >= 15 is 0 Å². The second-order valence-corrected chi connectivity index (χ2v) is 5.94. The first-order valence-electron chi connectivity index (χ1n) is 6.22. The van der Waals surface area contributed by atoms with Crippen LogP contribution >= 0.6 is 31.9 Å². The minimum absolute atomic E-state index is 0.823. The van der Waals surface area contributed by atoms with Crippen molar-refractivity contribution < 1.29 is 0 Å². The molecule has 0 saturated carbocycles. The second kappa shape index (κ2) is 5.90. The molecule has 0 radical (unpaired) electrons. The van der Waals surface area contributed by atoms with Gasteiger partial charge in [0.15, 0.2) is 0 Å². The van der Waals surface area contributed by atoms with Crippen molar-refractivity contribution in [3.63, 3.8) is 0 Å². The van der Waals surface area contributed by atoms with E-state index in [1.807, 2.05) is 36.4 Å². The molecule has 0 amide bonds. The Balaban J connectivity index is 2.15. The fourth-order valence-electron chi connectivity index (χ4n) is 2.09. The third-order valence-electron chi connectivity index (χ3n) is 3.07. The van der Waals surface area contributed by atoms with Gasteiger partial charge >= 0.3 is 0 Å². The molecule has 0 fully saturated rings. The van der Waals surface area contributed by atoms with E-state index in [0.29, 0.717) is 0 Å². The van der Waals surface area contributed by atoms with Crippen LogP contribution in [0.5, 0.6) is 0 Å². The number of hydrogen-bond acceptors (Lipinski definition) is 1. The zero-order chi connectivity index (χ0) is 13.9. The number of nitrogens with zero attached hydrogens (tertiary/aromatic N) is 1. The first kappa shape index (κ1) is 13.5. The van der Waals surface area contributed by atoms with Crippen molar-refractivity contribution in [1.29, 1.82) is 0 Å². The lowest BCUT2D eigenvalue weighted by atomic mass is 10.1. The molecule has 98 valence electrons. The van der Waals surface area contributed by atoms with E-state index in [4.69, 9.17) is 0 Å². The Labute approximate surface area is 134 Å². The van der Waals surface area contributed by atoms with Gasteiger partial charge in [-0.1, -0.05) is 60.7 Å². The highest BCUT2D eigenvalue weighted by atomic mass is 79.9. The molecule has 0 bridgehead atoms. The van der Waals surface area contributed by atoms with Crippen LogP contribution in [0.3, 0.4) is 0 Å². The predicted molar refractivity (Wildman–Crippen MR) is 92.5 cm³/mol. The van der Waals surface area contributed by atoms with Crippen molar-refractivity contribution in [3.05, 3.63) is 74.8 Å². The molecule has 0 saturated heterocycles. The number of hydrogen-bond donors (Lipinski definition) is 0. The quantitative estimate of drug-likeness (QED) is 0.495. The zero-order valence-electron chi connectivity index (χ0n) is 10.6. The molecular formula is C17H11Br2N. The van der Waals surface area contributed by atoms with Crippen molar-refractivity contribution in [2.75, 3.05) is 0 Å². The summed E-state index contributed by atoms with van der Waals surface area (Å²) in [7, 11) is 0. The molecular weight excluding hydrogens is 378 g/mol. The maximum absolute atomic E-state index is 4.53. The average molecular weight is 389 g/mol. The Morgan fingerprint density at radius 2 is 1.50 bits per heavy atom. The first-order valence-corrected chi connectivity index (χ1v) is 7.81. The Hall–Kier alpha value is -1.45. The van der Waals surface area contributed by atoms with Crippen LogP contribution in [0.4, 0.5) is 0 Å². The van der Waals surface area contributed by atoms with Gasteiger partial charge in [0.2, 0.25) is 0 Å². The van der Waals surface area contributed by atoms with Gasteiger partial charge in [-0.2, -0.15) is 0 Å². The summed E-state index contributed by atoms with van der Waals surface area (Å²) >= 11 is 7.12. The Morgan fingerprint density at radius 1 is 0.800 bits per heavy atom. The average Bonchev–Trinajstić information content (AvgIpc) is 2.49. The minimum Gasteiger partial charge on any atom is -0.240 e. The Bertz CT molecular complexity index is 780. The summed E-state index contributed by atoms with van der Waals surface area (Å²) in [6.07, 6.45) is 4.23. The zero-order valence-corrected chi connectivity index (χ0v) is 13.7. The molecule has 0 aliphatic heterocycles. The summed E-state index contributed by atoms with van der Waals surface area (Å²) in [5.74, 6) is 0. The molecule has 0 unspecified atom stereocenters. The van der Waals surface area contributed by atoms with E-state index in [9.17, 15) is 0 Å². The van der Waals surface area contributed by atoms with Crippen LogP contribution in [0.25, 0.3) is 23.1 Å². The van der Waals surface area contributed by atoms with Crippen molar-refractivity contribution in [1.82, 2.24) is 4.98 Å². The highest BCUT2D eigenvalue weighted by Gasteiger charge is 2.08. The SMILES string of the molecule is Brc1nc2ccccc2c(C=Cc2ccccc2)c1Br. The van der Waals surface area contributed by atoms with Crippen molar-refractivity contribution in [2.24, 2.45) is 0 Å². The molecule has 0 N–H and O–H groups in total. The van der Waals surface area contributed by atoms with Gasteiger partial charge in [-0.3, -0.25) is 0 Å². The monoisotopic (exact) mass is 387 g/mol. The van der Waals surface area contributed by atoms with Gasteiger partial charge in [0.05, 0.1) is 9.99 Å². The van der Waals surface area contributed by atoms with Crippen LogP contribution in [-0.2, 0) is 0 Å². The third-order valence-corrected chi connectivity index (χ3v) is 4.98. The molecule has 1 aromatic heterocycles. The topological polar surface area (TPSA) is 12.9 Å². The first-order chi connectivity index (χ1) is 9.75. The van der Waals surface area contributed by atoms with E-state index in [1.165, 1.54) is 5.56 Å². The lowest BCUT2D eigenvalue weighted by Crippen LogP contribution is -1.87. The van der Waals surface area contributed by atoms with E-state index in [2.05, 4.69) is 67.2 Å². The standard InChI is InChI=1S/C17H11Br2N/c18-16-14(11-10-12-6-2-1-3-7-12)13-8-4-5-9-15(13)20-17(16)19/h1-11H. The Kier molecular flexibility index (Phi) is 3.99. The number of fused-ring (bicyclic) bond motifs is 1. The van der Waals surface area contributed by atoms with Gasteiger partial charge < -0.3 is 0 Å². The Morgan fingerprint density at radius 3 is 2.30 bits per heavy atom. The fraction of sp³-hybridized carbons (Fsp3) is 0. The van der Waals surface area contributed by atoms with Gasteiger partial charge in [0.1, 0.15) is 4.60 Å². The number of aromatic nitrogens is 1. The molecule has 20 heavy (non-hydrogen) atoms. The lowest BCUT2D eigenvalue weighted by molar-refractivity contribution is 1.32. The summed E-state index contributed by atoms with van der Waals surface area (Å²) in [6.45, 7) is 0. The number of pyridine rings is 1. The highest BCUT2D eigenvalue weighted by Crippen LogP contribution is 2.32. The summed E-state index contributed by atoms with van der Waals surface area (Å²) in [5.41, 5.74) is 3.29. The second-order valence-electron chi connectivity index (χ2n) is 4.39. The number of benzene rings is 2. The fourth-order valence-corrected chi connectivity index (χ4v) is 2.93. The number of rotatable bonds is 2. The molecule has 3 aromatic rings. The van der Waals surface area contributed by atoms with Gasteiger partial charge in [0.25, 0.3) is 0 Å². The van der Waals surface area contributed by atoms with Crippen LogP contribution in [0, 0.1) is 0 Å². The highest BCUT2D eigenvalue weighted by molar-refractivity contribution is 9.13. The van der Waals surface area contributed by atoms with Gasteiger partial charge in [-0.15, -0.1) is 0 Å². The van der Waals surface area contributed by atoms with Gasteiger partial charge in [-0.05, 0) is 43.5 Å². The van der Waals surface area contributed by atoms with E-state index in [-0.39, 0.29) is 0 Å². The largest absolute Gasteiger partial charge is 0.240 e. The van der Waals surface area contributed by atoms with E-state index in [0.717, 1.165) is 25.5 Å². The van der Waals surface area contributed by atoms with Crippen LogP contribution in [0.15, 0.2) is 63.7 Å². The lowest BCUT2D eigenvalue weighted by Gasteiger charge is -2.06. The summed E-state index contributed by atoms with van der Waals surface area (Å²) in [4.78, 5) is 4.53. The summed E-state index contributed by atoms with van der Waals surface area (Å²) < 4.78 is 1.80. The molecule has 3 heteroatoms. The maximum Gasteiger partial charge on any atom is 0.121 e. The van der Waals surface area contributed by atoms with Crippen LogP contribution in [0.2, 0.25) is 0 Å². The molecule has 1 heterocycles. The van der Waals surface area contributed by atoms with Crippen molar-refractivity contribution in [3.8, 4) is 0 Å². The van der Waals surface area contributed by atoms with Crippen molar-refractivity contribution in [2.45, 2.75) is 0 Å². The molecule has 0 atom stereocenters. The molecule has 0 aliphatic rings. The summed E-state index contributed by atoms with van der Waals surface area (Å²) in [5, 5.41) is 1.13. The molecule has 1 nitrogen and oxygen atoms in total. The van der Waals surface area contributed by atoms with Crippen LogP contribution in [-0.4, -0.2) is 4.98 Å². The normalized spacial score (nSPS) is 11.3. The van der Waals surface area contributed by atoms with Gasteiger partial charge in [-0.25, -0.2) is 4.98 Å². The van der Waals surface area contributed by atoms with Gasteiger partial charge in [0, 0.05) is 10.9 Å².